The Kier molecular flexibility index (Phi) is 3.77. The van der Waals surface area contributed by atoms with Crippen molar-refractivity contribution in [2.45, 2.75) is 77.6 Å². The number of aromatic nitrogens is 1. The van der Waals surface area contributed by atoms with Crippen molar-refractivity contribution in [3.63, 3.8) is 0 Å². The van der Waals surface area contributed by atoms with E-state index in [4.69, 9.17) is 19.0 Å². The van der Waals surface area contributed by atoms with E-state index in [-0.39, 0.29) is 11.2 Å². The molecule has 1 saturated heterocycles. The van der Waals surface area contributed by atoms with E-state index in [0.717, 1.165) is 29.9 Å². The SMILES string of the molecule is CC(C)c1nc(B2OC(C)(C)C(C)(C)O2)ccc1OC1CC1. The summed E-state index contributed by atoms with van der Waals surface area (Å²) in [6.07, 6.45) is 2.68. The van der Waals surface area contributed by atoms with Gasteiger partial charge in [-0.25, -0.2) is 0 Å². The fourth-order valence-electron chi connectivity index (χ4n) is 2.45. The van der Waals surface area contributed by atoms with E-state index < -0.39 is 7.12 Å². The van der Waals surface area contributed by atoms with E-state index in [9.17, 15) is 0 Å². The highest BCUT2D eigenvalue weighted by Crippen LogP contribution is 2.37. The molecule has 4 nitrogen and oxygen atoms in total. The van der Waals surface area contributed by atoms with E-state index in [1.165, 1.54) is 0 Å². The molecule has 120 valence electrons. The van der Waals surface area contributed by atoms with Gasteiger partial charge < -0.3 is 14.0 Å². The Balaban J connectivity index is 1.87. The largest absolute Gasteiger partial charge is 0.514 e. The molecule has 1 aromatic rings. The van der Waals surface area contributed by atoms with Crippen LogP contribution in [0, 0.1) is 0 Å². The standard InChI is InChI=1S/C17H26BNO3/c1-11(2)15-13(20-12-7-8-12)9-10-14(19-15)18-21-16(3,4)17(5,6)22-18/h9-12H,7-8H2,1-6H3. The van der Waals surface area contributed by atoms with E-state index in [1.54, 1.807) is 0 Å². The van der Waals surface area contributed by atoms with Gasteiger partial charge in [-0.1, -0.05) is 13.8 Å². The molecule has 1 aliphatic heterocycles. The Morgan fingerprint density at radius 3 is 2.23 bits per heavy atom. The Morgan fingerprint density at radius 2 is 1.73 bits per heavy atom. The lowest BCUT2D eigenvalue weighted by Gasteiger charge is -2.32. The first-order chi connectivity index (χ1) is 10.2. The molecule has 2 fully saturated rings. The summed E-state index contributed by atoms with van der Waals surface area (Å²) in [5.74, 6) is 1.20. The van der Waals surface area contributed by atoms with Crippen LogP contribution in [0.5, 0.6) is 5.75 Å². The highest BCUT2D eigenvalue weighted by Gasteiger charge is 2.52. The fourth-order valence-corrected chi connectivity index (χ4v) is 2.45. The minimum Gasteiger partial charge on any atom is -0.489 e. The predicted molar refractivity (Wildman–Crippen MR) is 87.7 cm³/mol. The fraction of sp³-hybridized carbons (Fsp3) is 0.706. The first-order valence-electron chi connectivity index (χ1n) is 8.23. The molecule has 0 aromatic carbocycles. The number of rotatable bonds is 4. The Bertz CT molecular complexity index is 551. The zero-order chi connectivity index (χ0) is 16.1. The van der Waals surface area contributed by atoms with Gasteiger partial charge in [-0.15, -0.1) is 0 Å². The third-order valence-electron chi connectivity index (χ3n) is 4.77. The average molecular weight is 303 g/mol. The minimum absolute atomic E-state index is 0.302. The normalized spacial score (nSPS) is 23.1. The summed E-state index contributed by atoms with van der Waals surface area (Å²) in [6, 6.07) is 3.98. The molecule has 2 aliphatic rings. The number of nitrogens with zero attached hydrogens (tertiary/aromatic N) is 1. The smallest absolute Gasteiger partial charge is 0.489 e. The molecule has 22 heavy (non-hydrogen) atoms. The molecule has 5 heteroatoms. The lowest BCUT2D eigenvalue weighted by Crippen LogP contribution is -2.41. The van der Waals surface area contributed by atoms with Crippen LogP contribution in [0.3, 0.4) is 0 Å². The minimum atomic E-state index is -0.419. The molecule has 2 heterocycles. The van der Waals surface area contributed by atoms with Crippen molar-refractivity contribution in [1.82, 2.24) is 4.98 Å². The second-order valence-corrected chi connectivity index (χ2v) is 7.68. The van der Waals surface area contributed by atoms with Crippen LogP contribution in [0.1, 0.15) is 66.0 Å². The van der Waals surface area contributed by atoms with Crippen molar-refractivity contribution in [1.29, 1.82) is 0 Å². The van der Waals surface area contributed by atoms with Crippen LogP contribution in [0.25, 0.3) is 0 Å². The summed E-state index contributed by atoms with van der Waals surface area (Å²) in [4.78, 5) is 4.79. The first-order valence-corrected chi connectivity index (χ1v) is 8.23. The van der Waals surface area contributed by atoms with Gasteiger partial charge in [-0.05, 0) is 58.6 Å². The summed E-state index contributed by atoms with van der Waals surface area (Å²) in [5.41, 5.74) is 1.12. The van der Waals surface area contributed by atoms with Crippen LogP contribution in [0.4, 0.5) is 0 Å². The highest BCUT2D eigenvalue weighted by molar-refractivity contribution is 6.61. The van der Waals surface area contributed by atoms with Gasteiger partial charge in [0.25, 0.3) is 0 Å². The van der Waals surface area contributed by atoms with Gasteiger partial charge in [-0.3, -0.25) is 4.98 Å². The number of hydrogen-bond acceptors (Lipinski definition) is 4. The molecule has 1 aliphatic carbocycles. The van der Waals surface area contributed by atoms with Crippen LogP contribution < -0.4 is 10.3 Å². The van der Waals surface area contributed by atoms with Crippen molar-refractivity contribution in [2.24, 2.45) is 0 Å². The first kappa shape index (κ1) is 15.8. The number of pyridine rings is 1. The average Bonchev–Trinajstić information content (AvgIpc) is 3.17. The van der Waals surface area contributed by atoms with Crippen molar-refractivity contribution < 1.29 is 14.0 Å². The van der Waals surface area contributed by atoms with Gasteiger partial charge >= 0.3 is 7.12 Å². The number of ether oxygens (including phenoxy) is 1. The van der Waals surface area contributed by atoms with Gasteiger partial charge in [0.15, 0.2) is 0 Å². The second-order valence-electron chi connectivity index (χ2n) is 7.68. The van der Waals surface area contributed by atoms with E-state index >= 15 is 0 Å². The van der Waals surface area contributed by atoms with Crippen LogP contribution in [0.15, 0.2) is 12.1 Å². The predicted octanol–water partition coefficient (Wildman–Crippen LogP) is 3.05. The quantitative estimate of drug-likeness (QED) is 0.802. The van der Waals surface area contributed by atoms with Crippen LogP contribution in [-0.2, 0) is 9.31 Å². The maximum atomic E-state index is 6.09. The summed E-state index contributed by atoms with van der Waals surface area (Å²) in [5, 5.41) is 0. The van der Waals surface area contributed by atoms with Gasteiger partial charge in [-0.2, -0.15) is 0 Å². The van der Waals surface area contributed by atoms with Crippen molar-refractivity contribution >= 4 is 12.7 Å². The van der Waals surface area contributed by atoms with Gasteiger partial charge in [0.2, 0.25) is 0 Å². The van der Waals surface area contributed by atoms with Crippen LogP contribution >= 0.6 is 0 Å². The molecular formula is C17H26BNO3. The zero-order valence-corrected chi connectivity index (χ0v) is 14.5. The molecule has 1 aromatic heterocycles. The highest BCUT2D eigenvalue weighted by atomic mass is 16.7. The molecule has 0 bridgehead atoms. The van der Waals surface area contributed by atoms with Gasteiger partial charge in [0.05, 0.1) is 28.6 Å². The Labute approximate surface area is 133 Å². The van der Waals surface area contributed by atoms with E-state index in [1.807, 2.05) is 12.1 Å². The third-order valence-corrected chi connectivity index (χ3v) is 4.77. The molecule has 1 saturated carbocycles. The monoisotopic (exact) mass is 303 g/mol. The van der Waals surface area contributed by atoms with Crippen molar-refractivity contribution in [3.8, 4) is 5.75 Å². The molecule has 0 amide bonds. The molecular weight excluding hydrogens is 277 g/mol. The summed E-state index contributed by atoms with van der Waals surface area (Å²) in [6.45, 7) is 12.5. The van der Waals surface area contributed by atoms with E-state index in [0.29, 0.717) is 12.0 Å². The van der Waals surface area contributed by atoms with Crippen molar-refractivity contribution in [2.75, 3.05) is 0 Å². The zero-order valence-electron chi connectivity index (χ0n) is 14.5. The summed E-state index contributed by atoms with van der Waals surface area (Å²) < 4.78 is 18.2. The van der Waals surface area contributed by atoms with Crippen LogP contribution in [0.2, 0.25) is 0 Å². The molecule has 0 atom stereocenters. The Hall–Kier alpha value is -1.07. The lowest BCUT2D eigenvalue weighted by atomic mass is 9.83. The molecule has 0 N–H and O–H groups in total. The summed E-state index contributed by atoms with van der Waals surface area (Å²) in [7, 11) is -0.419. The molecule has 0 spiro atoms. The topological polar surface area (TPSA) is 40.6 Å². The lowest BCUT2D eigenvalue weighted by molar-refractivity contribution is 0.00578. The maximum Gasteiger partial charge on any atom is 0.514 e. The second kappa shape index (κ2) is 5.24. The molecule has 0 unspecified atom stereocenters. The maximum absolute atomic E-state index is 6.09. The number of hydrogen-bond donors (Lipinski definition) is 0. The van der Waals surface area contributed by atoms with E-state index in [2.05, 4.69) is 41.5 Å². The van der Waals surface area contributed by atoms with Gasteiger partial charge in [0.1, 0.15) is 5.75 Å². The van der Waals surface area contributed by atoms with Crippen molar-refractivity contribution in [3.05, 3.63) is 17.8 Å². The third kappa shape index (κ3) is 2.89. The Morgan fingerprint density at radius 1 is 1.14 bits per heavy atom. The van der Waals surface area contributed by atoms with Crippen LogP contribution in [-0.4, -0.2) is 29.4 Å². The van der Waals surface area contributed by atoms with Gasteiger partial charge in [0, 0.05) is 0 Å². The molecule has 0 radical (unpaired) electrons. The molecule has 3 rings (SSSR count). The summed E-state index contributed by atoms with van der Waals surface area (Å²) >= 11 is 0.